The maximum absolute atomic E-state index is 12.0. The van der Waals surface area contributed by atoms with Crippen molar-refractivity contribution in [3.05, 3.63) is 62.2 Å². The molecule has 1 N–H and O–H groups in total. The summed E-state index contributed by atoms with van der Waals surface area (Å²) in [7, 11) is 0. The van der Waals surface area contributed by atoms with Crippen LogP contribution in [-0.4, -0.2) is 5.91 Å². The van der Waals surface area contributed by atoms with Gasteiger partial charge in [0.25, 0.3) is 0 Å². The zero-order valence-corrected chi connectivity index (χ0v) is 13.3. The fourth-order valence-electron chi connectivity index (χ4n) is 1.78. The fraction of sp³-hybridized carbons (Fsp3) is 0.133. The van der Waals surface area contributed by atoms with Crippen molar-refractivity contribution in [1.82, 2.24) is 0 Å². The quantitative estimate of drug-likeness (QED) is 0.778. The second-order valence-electron chi connectivity index (χ2n) is 4.28. The van der Waals surface area contributed by atoms with Gasteiger partial charge in [-0.3, -0.25) is 4.79 Å². The predicted octanol–water partition coefficient (Wildman–Crippen LogP) is 4.43. The number of amides is 1. The lowest BCUT2D eigenvalue weighted by Crippen LogP contribution is -2.15. The number of rotatable bonds is 3. The van der Waals surface area contributed by atoms with Crippen molar-refractivity contribution < 1.29 is 4.79 Å². The second kappa shape index (κ2) is 6.39. The van der Waals surface area contributed by atoms with Gasteiger partial charge in [-0.2, -0.15) is 0 Å². The second-order valence-corrected chi connectivity index (χ2v) is 5.93. The molecule has 0 spiro atoms. The molecule has 2 aromatic carbocycles. The van der Waals surface area contributed by atoms with E-state index in [1.54, 1.807) is 6.07 Å². The summed E-state index contributed by atoms with van der Waals surface area (Å²) < 4.78 is 1.15. The molecule has 2 aromatic rings. The van der Waals surface area contributed by atoms with Crippen LogP contribution in [0.15, 0.2) is 42.5 Å². The summed E-state index contributed by atoms with van der Waals surface area (Å²) in [5, 5.41) is 3.53. The van der Waals surface area contributed by atoms with Gasteiger partial charge in [-0.25, -0.2) is 0 Å². The summed E-state index contributed by atoms with van der Waals surface area (Å²) >= 11 is 8.29. The van der Waals surface area contributed by atoms with Crippen molar-refractivity contribution in [2.45, 2.75) is 13.3 Å². The van der Waals surface area contributed by atoms with Gasteiger partial charge < -0.3 is 5.32 Å². The van der Waals surface area contributed by atoms with Crippen LogP contribution >= 0.6 is 34.2 Å². The molecule has 0 aliphatic carbocycles. The third kappa shape index (κ3) is 3.94. The molecule has 0 radical (unpaired) electrons. The van der Waals surface area contributed by atoms with Gasteiger partial charge in [0, 0.05) is 14.3 Å². The van der Waals surface area contributed by atoms with Gasteiger partial charge in [-0.05, 0) is 64.9 Å². The summed E-state index contributed by atoms with van der Waals surface area (Å²) in [6, 6.07) is 13.3. The van der Waals surface area contributed by atoms with Gasteiger partial charge in [-0.1, -0.05) is 29.8 Å². The molecular weight excluding hydrogens is 373 g/mol. The minimum absolute atomic E-state index is 0.0580. The Morgan fingerprint density at radius 2 is 2.00 bits per heavy atom. The summed E-state index contributed by atoms with van der Waals surface area (Å²) in [5.74, 6) is -0.0580. The smallest absolute Gasteiger partial charge is 0.228 e. The third-order valence-electron chi connectivity index (χ3n) is 2.77. The van der Waals surface area contributed by atoms with E-state index in [9.17, 15) is 4.79 Å². The maximum atomic E-state index is 12.0. The molecule has 0 aliphatic rings. The first-order valence-corrected chi connectivity index (χ1v) is 7.31. The van der Waals surface area contributed by atoms with E-state index in [0.29, 0.717) is 5.02 Å². The Labute approximate surface area is 131 Å². The Balaban J connectivity index is 2.08. The SMILES string of the molecule is Cc1cc(I)ccc1NC(=O)Cc1ccccc1Cl. The molecule has 0 heterocycles. The number of hydrogen-bond donors (Lipinski definition) is 1. The molecule has 0 saturated carbocycles. The van der Waals surface area contributed by atoms with E-state index >= 15 is 0 Å². The van der Waals surface area contributed by atoms with E-state index in [1.165, 1.54) is 0 Å². The molecule has 98 valence electrons. The Bertz CT molecular complexity index is 613. The van der Waals surface area contributed by atoms with Crippen molar-refractivity contribution in [3.63, 3.8) is 0 Å². The Hall–Kier alpha value is -1.07. The monoisotopic (exact) mass is 385 g/mol. The van der Waals surface area contributed by atoms with E-state index in [4.69, 9.17) is 11.6 Å². The van der Waals surface area contributed by atoms with E-state index in [0.717, 1.165) is 20.4 Å². The molecule has 0 aliphatic heterocycles. The van der Waals surface area contributed by atoms with Gasteiger partial charge in [0.15, 0.2) is 0 Å². The normalized spacial score (nSPS) is 10.3. The standard InChI is InChI=1S/C15H13ClINO/c1-10-8-12(17)6-7-14(10)18-15(19)9-11-4-2-3-5-13(11)16/h2-8H,9H2,1H3,(H,18,19). The van der Waals surface area contributed by atoms with Gasteiger partial charge >= 0.3 is 0 Å². The lowest BCUT2D eigenvalue weighted by molar-refractivity contribution is -0.115. The molecular formula is C15H13ClINO. The van der Waals surface area contributed by atoms with Gasteiger partial charge in [0.05, 0.1) is 6.42 Å². The van der Waals surface area contributed by atoms with Crippen LogP contribution in [0.4, 0.5) is 5.69 Å². The predicted molar refractivity (Wildman–Crippen MR) is 87.7 cm³/mol. The minimum Gasteiger partial charge on any atom is -0.326 e. The van der Waals surface area contributed by atoms with E-state index in [-0.39, 0.29) is 12.3 Å². The first-order valence-electron chi connectivity index (χ1n) is 5.85. The topological polar surface area (TPSA) is 29.1 Å². The summed E-state index contributed by atoms with van der Waals surface area (Å²) in [4.78, 5) is 12.0. The largest absolute Gasteiger partial charge is 0.326 e. The summed E-state index contributed by atoms with van der Waals surface area (Å²) in [5.41, 5.74) is 2.74. The summed E-state index contributed by atoms with van der Waals surface area (Å²) in [6.45, 7) is 1.98. The fourth-order valence-corrected chi connectivity index (χ4v) is 2.63. The molecule has 0 saturated heterocycles. The number of benzene rings is 2. The molecule has 0 fully saturated rings. The number of nitrogens with one attached hydrogen (secondary N) is 1. The zero-order valence-electron chi connectivity index (χ0n) is 10.4. The Morgan fingerprint density at radius 3 is 2.68 bits per heavy atom. The highest BCUT2D eigenvalue weighted by Crippen LogP contribution is 2.19. The number of hydrogen-bond acceptors (Lipinski definition) is 1. The van der Waals surface area contributed by atoms with Crippen molar-refractivity contribution in [1.29, 1.82) is 0 Å². The number of halogens is 2. The third-order valence-corrected chi connectivity index (χ3v) is 3.81. The van der Waals surface area contributed by atoms with Crippen molar-refractivity contribution in [2.24, 2.45) is 0 Å². The molecule has 0 bridgehead atoms. The Kier molecular flexibility index (Phi) is 4.82. The van der Waals surface area contributed by atoms with Gasteiger partial charge in [0.2, 0.25) is 5.91 Å². The first kappa shape index (κ1) is 14.3. The highest BCUT2D eigenvalue weighted by molar-refractivity contribution is 14.1. The number of carbonyl (C=O) groups is 1. The van der Waals surface area contributed by atoms with E-state index < -0.39 is 0 Å². The van der Waals surface area contributed by atoms with Crippen LogP contribution < -0.4 is 5.32 Å². The average molecular weight is 386 g/mol. The van der Waals surface area contributed by atoms with Crippen LogP contribution in [0.5, 0.6) is 0 Å². The van der Waals surface area contributed by atoms with Crippen LogP contribution in [-0.2, 0) is 11.2 Å². The number of anilines is 1. The van der Waals surface area contributed by atoms with Crippen molar-refractivity contribution in [3.8, 4) is 0 Å². The lowest BCUT2D eigenvalue weighted by Gasteiger charge is -2.09. The molecule has 0 atom stereocenters. The van der Waals surface area contributed by atoms with Crippen LogP contribution in [0.2, 0.25) is 5.02 Å². The van der Waals surface area contributed by atoms with Gasteiger partial charge in [-0.15, -0.1) is 0 Å². The zero-order chi connectivity index (χ0) is 13.8. The van der Waals surface area contributed by atoms with Crippen molar-refractivity contribution in [2.75, 3.05) is 5.32 Å². The number of carbonyl (C=O) groups excluding carboxylic acids is 1. The molecule has 1 amide bonds. The highest BCUT2D eigenvalue weighted by atomic mass is 127. The van der Waals surface area contributed by atoms with Crippen LogP contribution in [0.3, 0.4) is 0 Å². The Morgan fingerprint density at radius 1 is 1.26 bits per heavy atom. The van der Waals surface area contributed by atoms with Crippen molar-refractivity contribution >= 4 is 45.8 Å². The average Bonchev–Trinajstić information content (AvgIpc) is 2.36. The first-order chi connectivity index (χ1) is 9.06. The molecule has 0 aromatic heterocycles. The van der Waals surface area contributed by atoms with Crippen LogP contribution in [0.25, 0.3) is 0 Å². The van der Waals surface area contributed by atoms with Crippen LogP contribution in [0, 0.1) is 10.5 Å². The van der Waals surface area contributed by atoms with Crippen LogP contribution in [0.1, 0.15) is 11.1 Å². The van der Waals surface area contributed by atoms with E-state index in [2.05, 4.69) is 27.9 Å². The molecule has 4 heteroatoms. The molecule has 2 rings (SSSR count). The highest BCUT2D eigenvalue weighted by Gasteiger charge is 2.08. The number of aryl methyl sites for hydroxylation is 1. The van der Waals surface area contributed by atoms with E-state index in [1.807, 2.05) is 43.3 Å². The maximum Gasteiger partial charge on any atom is 0.228 e. The minimum atomic E-state index is -0.0580. The van der Waals surface area contributed by atoms with Gasteiger partial charge in [0.1, 0.15) is 0 Å². The summed E-state index contributed by atoms with van der Waals surface area (Å²) in [6.07, 6.45) is 0.283. The molecule has 0 unspecified atom stereocenters. The molecule has 19 heavy (non-hydrogen) atoms. The lowest BCUT2D eigenvalue weighted by atomic mass is 10.1. The molecule has 2 nitrogen and oxygen atoms in total.